The van der Waals surface area contributed by atoms with E-state index in [1.54, 1.807) is 11.8 Å². The summed E-state index contributed by atoms with van der Waals surface area (Å²) in [5.41, 5.74) is 6.49. The van der Waals surface area contributed by atoms with E-state index < -0.39 is 0 Å². The molecule has 0 fully saturated rings. The summed E-state index contributed by atoms with van der Waals surface area (Å²) in [5.74, 6) is 0.760. The van der Waals surface area contributed by atoms with Crippen LogP contribution in [0.3, 0.4) is 0 Å². The highest BCUT2D eigenvalue weighted by molar-refractivity contribution is 8.00. The van der Waals surface area contributed by atoms with Gasteiger partial charge in [-0.05, 0) is 49.4 Å². The van der Waals surface area contributed by atoms with Crippen LogP contribution in [0, 0.1) is 20.8 Å². The largest absolute Gasteiger partial charge is 0.337 e. The molecule has 0 saturated carbocycles. The molecule has 0 radical (unpaired) electrons. The van der Waals surface area contributed by atoms with Crippen molar-refractivity contribution >= 4 is 17.7 Å². The van der Waals surface area contributed by atoms with E-state index >= 15 is 0 Å². The lowest BCUT2D eigenvalue weighted by Crippen LogP contribution is -2.37. The average molecular weight is 325 g/mol. The van der Waals surface area contributed by atoms with Gasteiger partial charge in [0.25, 0.3) is 0 Å². The van der Waals surface area contributed by atoms with Crippen molar-refractivity contribution in [1.29, 1.82) is 0 Å². The van der Waals surface area contributed by atoms with Gasteiger partial charge in [-0.2, -0.15) is 0 Å². The van der Waals surface area contributed by atoms with Crippen LogP contribution in [0.2, 0.25) is 0 Å². The predicted octanol–water partition coefficient (Wildman–Crippen LogP) is 4.29. The minimum atomic E-state index is 0.240. The third kappa shape index (κ3) is 3.61. The van der Waals surface area contributed by atoms with Crippen LogP contribution in [-0.4, -0.2) is 23.1 Å². The van der Waals surface area contributed by atoms with Gasteiger partial charge in [-0.3, -0.25) is 4.79 Å². The van der Waals surface area contributed by atoms with Crippen LogP contribution in [-0.2, 0) is 17.8 Å². The second kappa shape index (κ2) is 6.79. The van der Waals surface area contributed by atoms with E-state index in [1.165, 1.54) is 32.7 Å². The molecule has 0 aliphatic carbocycles. The fourth-order valence-corrected chi connectivity index (χ4v) is 4.35. The van der Waals surface area contributed by atoms with Gasteiger partial charge in [0.05, 0.1) is 5.75 Å². The molecule has 1 heterocycles. The van der Waals surface area contributed by atoms with E-state index in [9.17, 15) is 4.79 Å². The molecule has 1 aliphatic heterocycles. The summed E-state index contributed by atoms with van der Waals surface area (Å²) < 4.78 is 0. The first-order valence-electron chi connectivity index (χ1n) is 8.10. The van der Waals surface area contributed by atoms with Crippen molar-refractivity contribution in [2.24, 2.45) is 0 Å². The van der Waals surface area contributed by atoms with Crippen LogP contribution in [0.1, 0.15) is 27.8 Å². The Morgan fingerprint density at radius 1 is 1.09 bits per heavy atom. The quantitative estimate of drug-likeness (QED) is 0.785. The number of hydrogen-bond donors (Lipinski definition) is 0. The summed E-state index contributed by atoms with van der Waals surface area (Å²) in [6, 6.07) is 12.8. The molecule has 0 N–H and O–H groups in total. The van der Waals surface area contributed by atoms with Crippen LogP contribution in [0.4, 0.5) is 0 Å². The second-order valence-corrected chi connectivity index (χ2v) is 7.34. The first-order chi connectivity index (χ1) is 11.0. The standard InChI is InChI=1S/C20H23NOS/c1-14-10-15(2)20(16(3)11-14)23-13-19(22)21-9-8-17-6-4-5-7-18(17)12-21/h4-7,10-11H,8-9,12-13H2,1-3H3. The molecular weight excluding hydrogens is 302 g/mol. The number of thioether (sulfide) groups is 1. The van der Waals surface area contributed by atoms with Crippen molar-refractivity contribution in [2.45, 2.75) is 38.6 Å². The SMILES string of the molecule is Cc1cc(C)c(SCC(=O)N2CCc3ccccc3C2)c(C)c1. The van der Waals surface area contributed by atoms with Crippen molar-refractivity contribution in [3.63, 3.8) is 0 Å². The monoisotopic (exact) mass is 325 g/mol. The Hall–Kier alpha value is -1.74. The Morgan fingerprint density at radius 3 is 2.43 bits per heavy atom. The molecule has 2 nitrogen and oxygen atoms in total. The summed E-state index contributed by atoms with van der Waals surface area (Å²) in [4.78, 5) is 15.8. The number of benzene rings is 2. The van der Waals surface area contributed by atoms with Gasteiger partial charge < -0.3 is 4.90 Å². The Morgan fingerprint density at radius 2 is 1.74 bits per heavy atom. The number of hydrogen-bond acceptors (Lipinski definition) is 2. The molecule has 3 rings (SSSR count). The maximum absolute atomic E-state index is 12.6. The number of carbonyl (C=O) groups excluding carboxylic acids is 1. The Bertz CT molecular complexity index is 715. The average Bonchev–Trinajstić information content (AvgIpc) is 2.53. The van der Waals surface area contributed by atoms with Crippen LogP contribution in [0.5, 0.6) is 0 Å². The zero-order valence-corrected chi connectivity index (χ0v) is 14.9. The summed E-state index contributed by atoms with van der Waals surface area (Å²) in [6.07, 6.45) is 0.967. The molecule has 0 atom stereocenters. The third-order valence-electron chi connectivity index (χ3n) is 4.43. The highest BCUT2D eigenvalue weighted by Gasteiger charge is 2.20. The molecular formula is C20H23NOS. The zero-order valence-electron chi connectivity index (χ0n) is 14.1. The smallest absolute Gasteiger partial charge is 0.233 e. The molecule has 0 saturated heterocycles. The number of carbonyl (C=O) groups is 1. The van der Waals surface area contributed by atoms with E-state index in [4.69, 9.17) is 0 Å². The van der Waals surface area contributed by atoms with Gasteiger partial charge in [0.15, 0.2) is 0 Å². The van der Waals surface area contributed by atoms with Crippen molar-refractivity contribution in [3.8, 4) is 0 Å². The summed E-state index contributed by atoms with van der Waals surface area (Å²) in [7, 11) is 0. The van der Waals surface area contributed by atoms with Crippen molar-refractivity contribution in [3.05, 3.63) is 64.2 Å². The lowest BCUT2D eigenvalue weighted by molar-refractivity contribution is -0.129. The fraction of sp³-hybridized carbons (Fsp3) is 0.350. The number of aryl methyl sites for hydroxylation is 3. The molecule has 1 aliphatic rings. The minimum absolute atomic E-state index is 0.240. The van der Waals surface area contributed by atoms with Gasteiger partial charge in [-0.25, -0.2) is 0 Å². The molecule has 0 unspecified atom stereocenters. The summed E-state index contributed by atoms with van der Waals surface area (Å²) in [6.45, 7) is 7.96. The third-order valence-corrected chi connectivity index (χ3v) is 5.75. The van der Waals surface area contributed by atoms with E-state index in [2.05, 4.69) is 57.2 Å². The number of rotatable bonds is 3. The van der Waals surface area contributed by atoms with E-state index in [0.29, 0.717) is 5.75 Å². The van der Waals surface area contributed by atoms with Gasteiger partial charge >= 0.3 is 0 Å². The molecule has 1 amide bonds. The zero-order chi connectivity index (χ0) is 16.4. The Kier molecular flexibility index (Phi) is 4.76. The van der Waals surface area contributed by atoms with Crippen LogP contribution in [0.25, 0.3) is 0 Å². The van der Waals surface area contributed by atoms with E-state index in [0.717, 1.165) is 19.5 Å². The molecule has 2 aromatic carbocycles. The molecule has 3 heteroatoms. The number of nitrogens with zero attached hydrogens (tertiary/aromatic N) is 1. The van der Waals surface area contributed by atoms with Crippen molar-refractivity contribution < 1.29 is 4.79 Å². The van der Waals surface area contributed by atoms with Gasteiger partial charge in [0.2, 0.25) is 5.91 Å². The Labute approximate surface area is 142 Å². The first kappa shape index (κ1) is 16.1. The second-order valence-electron chi connectivity index (χ2n) is 6.35. The summed E-state index contributed by atoms with van der Waals surface area (Å²) in [5, 5.41) is 0. The van der Waals surface area contributed by atoms with E-state index in [1.807, 2.05) is 4.90 Å². The van der Waals surface area contributed by atoms with Crippen molar-refractivity contribution in [2.75, 3.05) is 12.3 Å². The van der Waals surface area contributed by atoms with Gasteiger partial charge in [0.1, 0.15) is 0 Å². The topological polar surface area (TPSA) is 20.3 Å². The maximum Gasteiger partial charge on any atom is 0.233 e. The van der Waals surface area contributed by atoms with Gasteiger partial charge in [-0.15, -0.1) is 11.8 Å². The molecule has 0 spiro atoms. The highest BCUT2D eigenvalue weighted by atomic mass is 32.2. The predicted molar refractivity (Wildman–Crippen MR) is 96.9 cm³/mol. The van der Waals surface area contributed by atoms with E-state index in [-0.39, 0.29) is 5.91 Å². The number of amides is 1. The number of fused-ring (bicyclic) bond motifs is 1. The van der Waals surface area contributed by atoms with Crippen LogP contribution >= 0.6 is 11.8 Å². The minimum Gasteiger partial charge on any atom is -0.337 e. The van der Waals surface area contributed by atoms with Crippen LogP contribution in [0.15, 0.2) is 41.3 Å². The summed E-state index contributed by atoms with van der Waals surface area (Å²) >= 11 is 1.67. The first-order valence-corrected chi connectivity index (χ1v) is 9.08. The molecule has 0 bridgehead atoms. The maximum atomic E-state index is 12.6. The highest BCUT2D eigenvalue weighted by Crippen LogP contribution is 2.28. The van der Waals surface area contributed by atoms with Gasteiger partial charge in [-0.1, -0.05) is 42.0 Å². The Balaban J connectivity index is 1.65. The van der Waals surface area contributed by atoms with Crippen molar-refractivity contribution in [1.82, 2.24) is 4.90 Å². The molecule has 120 valence electrons. The fourth-order valence-electron chi connectivity index (χ4n) is 3.33. The normalized spacial score (nSPS) is 13.8. The molecule has 2 aromatic rings. The molecule has 23 heavy (non-hydrogen) atoms. The van der Waals surface area contributed by atoms with Gasteiger partial charge in [0, 0.05) is 18.0 Å². The van der Waals surface area contributed by atoms with Crippen LogP contribution < -0.4 is 0 Å². The molecule has 0 aromatic heterocycles. The lowest BCUT2D eigenvalue weighted by Gasteiger charge is -2.29. The lowest BCUT2D eigenvalue weighted by atomic mass is 10.00.